The van der Waals surface area contributed by atoms with Gasteiger partial charge in [0, 0.05) is 7.05 Å². The van der Waals surface area contributed by atoms with Gasteiger partial charge in [0.2, 0.25) is 0 Å². The van der Waals surface area contributed by atoms with E-state index in [0.717, 1.165) is 6.42 Å². The molecule has 0 aromatic heterocycles. The van der Waals surface area contributed by atoms with E-state index in [0.29, 0.717) is 12.3 Å². The van der Waals surface area contributed by atoms with Gasteiger partial charge in [0.15, 0.2) is 6.10 Å². The summed E-state index contributed by atoms with van der Waals surface area (Å²) in [5.41, 5.74) is -1.86. The standard InChI is InChI=1S/C13H21NO5/c1-14-12(18)10(16)11(17)13(19,6-15)9-5-7-2-3-8(9)4-7/h2-3,7-11,15-17,19H,4-6H2,1H3,(H,14,18). The minimum Gasteiger partial charge on any atom is -0.393 e. The molecule has 6 unspecified atom stereocenters. The largest absolute Gasteiger partial charge is 0.393 e. The van der Waals surface area contributed by atoms with Crippen molar-refractivity contribution < 1.29 is 25.2 Å². The van der Waals surface area contributed by atoms with Gasteiger partial charge < -0.3 is 25.7 Å². The molecule has 6 nitrogen and oxygen atoms in total. The number of aliphatic hydroxyl groups is 4. The van der Waals surface area contributed by atoms with Gasteiger partial charge in [-0.3, -0.25) is 4.79 Å². The topological polar surface area (TPSA) is 110 Å². The molecule has 0 aliphatic heterocycles. The van der Waals surface area contributed by atoms with Crippen LogP contribution in [0.25, 0.3) is 0 Å². The van der Waals surface area contributed by atoms with Crippen LogP contribution in [0, 0.1) is 17.8 Å². The number of amides is 1. The molecule has 5 N–H and O–H groups in total. The first kappa shape index (κ1) is 14.5. The lowest BCUT2D eigenvalue weighted by Gasteiger charge is -2.40. The third-order valence-corrected chi connectivity index (χ3v) is 4.50. The SMILES string of the molecule is CNC(=O)C(O)C(O)C(O)(CO)C1CC2C=CC1C2. The first-order chi connectivity index (χ1) is 8.93. The van der Waals surface area contributed by atoms with Crippen molar-refractivity contribution in [3.63, 3.8) is 0 Å². The van der Waals surface area contributed by atoms with Crippen LogP contribution in [0.1, 0.15) is 12.8 Å². The zero-order valence-corrected chi connectivity index (χ0v) is 10.9. The highest BCUT2D eigenvalue weighted by Gasteiger charge is 2.53. The minimum absolute atomic E-state index is 0.0775. The van der Waals surface area contributed by atoms with Crippen LogP contribution >= 0.6 is 0 Å². The van der Waals surface area contributed by atoms with Crippen molar-refractivity contribution in [3.05, 3.63) is 12.2 Å². The Hall–Kier alpha value is -0.950. The summed E-state index contributed by atoms with van der Waals surface area (Å²) < 4.78 is 0. The fraction of sp³-hybridized carbons (Fsp3) is 0.769. The van der Waals surface area contributed by atoms with Crippen LogP contribution in [0.3, 0.4) is 0 Å². The summed E-state index contributed by atoms with van der Waals surface area (Å²) in [7, 11) is 1.33. The molecule has 19 heavy (non-hydrogen) atoms. The summed E-state index contributed by atoms with van der Waals surface area (Å²) in [6, 6.07) is 0. The molecule has 1 fully saturated rings. The van der Waals surface area contributed by atoms with Crippen molar-refractivity contribution in [2.24, 2.45) is 17.8 Å². The molecule has 6 atom stereocenters. The highest BCUT2D eigenvalue weighted by Crippen LogP contribution is 2.49. The van der Waals surface area contributed by atoms with E-state index in [1.54, 1.807) is 0 Å². The normalized spacial score (nSPS) is 34.9. The van der Waals surface area contributed by atoms with Crippen molar-refractivity contribution in [1.82, 2.24) is 5.32 Å². The van der Waals surface area contributed by atoms with Gasteiger partial charge >= 0.3 is 0 Å². The smallest absolute Gasteiger partial charge is 0.251 e. The molecule has 108 valence electrons. The molecule has 0 radical (unpaired) electrons. The molecule has 2 aliphatic carbocycles. The number of carbonyl (C=O) groups is 1. The quantitative estimate of drug-likeness (QED) is 0.386. The lowest BCUT2D eigenvalue weighted by molar-refractivity contribution is -0.183. The van der Waals surface area contributed by atoms with Gasteiger partial charge in [-0.15, -0.1) is 0 Å². The fourth-order valence-corrected chi connectivity index (χ4v) is 3.35. The van der Waals surface area contributed by atoms with Crippen LogP contribution in [-0.2, 0) is 4.79 Å². The first-order valence-electron chi connectivity index (χ1n) is 6.53. The first-order valence-corrected chi connectivity index (χ1v) is 6.53. The van der Waals surface area contributed by atoms with Crippen LogP contribution < -0.4 is 5.32 Å². The Bertz CT molecular complexity index is 385. The second-order valence-electron chi connectivity index (χ2n) is 5.54. The fourth-order valence-electron chi connectivity index (χ4n) is 3.35. The summed E-state index contributed by atoms with van der Waals surface area (Å²) in [5, 5.41) is 42.0. The summed E-state index contributed by atoms with van der Waals surface area (Å²) in [6.45, 7) is -0.691. The van der Waals surface area contributed by atoms with Crippen LogP contribution in [-0.4, -0.2) is 57.8 Å². The van der Waals surface area contributed by atoms with E-state index in [2.05, 4.69) is 11.4 Å². The molecule has 0 heterocycles. The number of rotatable bonds is 5. The molecule has 2 rings (SSSR count). The minimum atomic E-state index is -1.86. The van der Waals surface area contributed by atoms with E-state index >= 15 is 0 Å². The van der Waals surface area contributed by atoms with Crippen molar-refractivity contribution >= 4 is 5.91 Å². The monoisotopic (exact) mass is 271 g/mol. The van der Waals surface area contributed by atoms with Crippen molar-refractivity contribution in [2.75, 3.05) is 13.7 Å². The molecule has 1 saturated carbocycles. The zero-order chi connectivity index (χ0) is 14.2. The highest BCUT2D eigenvalue weighted by molar-refractivity contribution is 5.81. The van der Waals surface area contributed by atoms with Crippen molar-refractivity contribution in [2.45, 2.75) is 30.7 Å². The molecule has 2 aliphatic rings. The van der Waals surface area contributed by atoms with E-state index < -0.39 is 30.3 Å². The van der Waals surface area contributed by atoms with Gasteiger partial charge in [0.1, 0.15) is 11.7 Å². The summed E-state index contributed by atoms with van der Waals surface area (Å²) in [6.07, 6.45) is 2.10. The van der Waals surface area contributed by atoms with E-state index in [-0.39, 0.29) is 11.8 Å². The van der Waals surface area contributed by atoms with Crippen LogP contribution in [0.2, 0.25) is 0 Å². The molecule has 0 saturated heterocycles. The number of fused-ring (bicyclic) bond motifs is 2. The Morgan fingerprint density at radius 3 is 2.53 bits per heavy atom. The Kier molecular flexibility index (Phi) is 3.96. The number of likely N-dealkylation sites (N-methyl/N-ethyl adjacent to an activating group) is 1. The molecular formula is C13H21NO5. The molecule has 2 bridgehead atoms. The van der Waals surface area contributed by atoms with Crippen LogP contribution in [0.15, 0.2) is 12.2 Å². The molecular weight excluding hydrogens is 250 g/mol. The van der Waals surface area contributed by atoms with E-state index in [4.69, 9.17) is 0 Å². The molecule has 1 amide bonds. The number of allylic oxidation sites excluding steroid dienone is 2. The molecule has 6 heteroatoms. The average molecular weight is 271 g/mol. The average Bonchev–Trinajstić information content (AvgIpc) is 3.06. The van der Waals surface area contributed by atoms with Crippen LogP contribution in [0.5, 0.6) is 0 Å². The summed E-state index contributed by atoms with van der Waals surface area (Å²) >= 11 is 0. The van der Waals surface area contributed by atoms with Gasteiger partial charge in [0.25, 0.3) is 5.91 Å². The number of hydrogen-bond acceptors (Lipinski definition) is 5. The molecule has 0 spiro atoms. The predicted octanol–water partition coefficient (Wildman–Crippen LogP) is -1.61. The van der Waals surface area contributed by atoms with E-state index in [1.165, 1.54) is 7.05 Å². The van der Waals surface area contributed by atoms with E-state index in [9.17, 15) is 25.2 Å². The Labute approximate surface area is 111 Å². The zero-order valence-electron chi connectivity index (χ0n) is 10.9. The van der Waals surface area contributed by atoms with Crippen molar-refractivity contribution in [3.8, 4) is 0 Å². The highest BCUT2D eigenvalue weighted by atomic mass is 16.4. The van der Waals surface area contributed by atoms with Gasteiger partial charge in [-0.05, 0) is 30.6 Å². The van der Waals surface area contributed by atoms with Crippen LogP contribution in [0.4, 0.5) is 0 Å². The lowest BCUT2D eigenvalue weighted by atomic mass is 9.74. The maximum atomic E-state index is 11.4. The predicted molar refractivity (Wildman–Crippen MR) is 67.0 cm³/mol. The number of carbonyl (C=O) groups excluding carboxylic acids is 1. The number of aliphatic hydroxyl groups excluding tert-OH is 3. The van der Waals surface area contributed by atoms with E-state index in [1.807, 2.05) is 6.08 Å². The Balaban J connectivity index is 2.17. The van der Waals surface area contributed by atoms with Gasteiger partial charge in [-0.2, -0.15) is 0 Å². The Morgan fingerprint density at radius 2 is 2.11 bits per heavy atom. The maximum absolute atomic E-state index is 11.4. The van der Waals surface area contributed by atoms with Gasteiger partial charge in [0.05, 0.1) is 6.61 Å². The third-order valence-electron chi connectivity index (χ3n) is 4.50. The van der Waals surface area contributed by atoms with Crippen molar-refractivity contribution in [1.29, 1.82) is 0 Å². The second kappa shape index (κ2) is 5.20. The molecule has 0 aromatic rings. The number of nitrogens with one attached hydrogen (secondary N) is 1. The maximum Gasteiger partial charge on any atom is 0.251 e. The third kappa shape index (κ3) is 2.29. The van der Waals surface area contributed by atoms with Gasteiger partial charge in [-0.25, -0.2) is 0 Å². The Morgan fingerprint density at radius 1 is 1.42 bits per heavy atom. The molecule has 0 aromatic carbocycles. The summed E-state index contributed by atoms with van der Waals surface area (Å²) in [4.78, 5) is 11.4. The second-order valence-corrected chi connectivity index (χ2v) is 5.54. The number of hydrogen-bond donors (Lipinski definition) is 5. The lowest BCUT2D eigenvalue weighted by Crippen LogP contribution is -2.60. The summed E-state index contributed by atoms with van der Waals surface area (Å²) in [5.74, 6) is -0.703. The van der Waals surface area contributed by atoms with Gasteiger partial charge in [-0.1, -0.05) is 12.2 Å².